The van der Waals surface area contributed by atoms with Gasteiger partial charge in [0.05, 0.1) is 0 Å². The van der Waals surface area contributed by atoms with E-state index in [1.54, 1.807) is 0 Å². The average molecular weight is 214 g/mol. The molecular formula is C13H27P. The van der Waals surface area contributed by atoms with Gasteiger partial charge in [-0.15, -0.1) is 7.92 Å². The van der Waals surface area contributed by atoms with Gasteiger partial charge < -0.3 is 0 Å². The molecule has 84 valence electrons. The lowest BCUT2D eigenvalue weighted by atomic mass is 10.1. The lowest BCUT2D eigenvalue weighted by Gasteiger charge is -2.12. The molecule has 0 amide bonds. The highest BCUT2D eigenvalue weighted by Crippen LogP contribution is 2.35. The Morgan fingerprint density at radius 3 is 2.14 bits per heavy atom. The first kappa shape index (κ1) is 14.2. The fourth-order valence-electron chi connectivity index (χ4n) is 1.66. The molecule has 1 heteroatoms. The second-order valence-corrected chi connectivity index (χ2v) is 6.85. The van der Waals surface area contributed by atoms with Crippen molar-refractivity contribution < 1.29 is 0 Å². The topological polar surface area (TPSA) is 0 Å². The molecule has 0 atom stereocenters. The van der Waals surface area contributed by atoms with Gasteiger partial charge in [-0.05, 0) is 44.7 Å². The van der Waals surface area contributed by atoms with Crippen LogP contribution in [0, 0.1) is 0 Å². The molecule has 0 N–H and O–H groups in total. The summed E-state index contributed by atoms with van der Waals surface area (Å²) in [6.45, 7) is 6.80. The van der Waals surface area contributed by atoms with E-state index in [1.165, 1.54) is 50.6 Å². The van der Waals surface area contributed by atoms with Crippen LogP contribution in [0.1, 0.15) is 52.9 Å². The van der Waals surface area contributed by atoms with Crippen LogP contribution in [0.3, 0.4) is 0 Å². The molecule has 0 aliphatic carbocycles. The van der Waals surface area contributed by atoms with E-state index in [9.17, 15) is 0 Å². The van der Waals surface area contributed by atoms with Crippen molar-refractivity contribution in [1.29, 1.82) is 0 Å². The summed E-state index contributed by atoms with van der Waals surface area (Å²) in [4.78, 5) is 0. The van der Waals surface area contributed by atoms with Gasteiger partial charge in [-0.1, -0.05) is 38.8 Å². The van der Waals surface area contributed by atoms with E-state index in [2.05, 4.69) is 32.9 Å². The molecule has 0 saturated heterocycles. The quantitative estimate of drug-likeness (QED) is 0.287. The normalized spacial score (nSPS) is 11.7. The zero-order valence-corrected chi connectivity index (χ0v) is 11.2. The molecule has 0 aromatic rings. The zero-order chi connectivity index (χ0) is 10.6. The Labute approximate surface area is 91.9 Å². The van der Waals surface area contributed by atoms with Gasteiger partial charge in [-0.2, -0.15) is 0 Å². The Morgan fingerprint density at radius 1 is 0.929 bits per heavy atom. The molecule has 0 saturated carbocycles. The predicted molar refractivity (Wildman–Crippen MR) is 70.8 cm³/mol. The van der Waals surface area contributed by atoms with Crippen molar-refractivity contribution in [2.75, 3.05) is 18.5 Å². The van der Waals surface area contributed by atoms with Crippen LogP contribution in [-0.4, -0.2) is 18.5 Å². The maximum absolute atomic E-state index is 2.35. The molecule has 0 aromatic carbocycles. The smallest absolute Gasteiger partial charge is 0.0326 e. The molecule has 0 aliphatic rings. The van der Waals surface area contributed by atoms with Crippen LogP contribution in [0.15, 0.2) is 12.2 Å². The van der Waals surface area contributed by atoms with Crippen LogP contribution in [0.4, 0.5) is 0 Å². The Hall–Kier alpha value is 0.170. The van der Waals surface area contributed by atoms with E-state index in [4.69, 9.17) is 0 Å². The molecule has 0 nitrogen and oxygen atoms in total. The number of allylic oxidation sites excluding steroid dienone is 2. The number of rotatable bonds is 9. The minimum absolute atomic E-state index is 0.402. The Morgan fingerprint density at radius 2 is 1.57 bits per heavy atom. The Balaban J connectivity index is 3.12. The third kappa shape index (κ3) is 8.75. The molecule has 0 spiro atoms. The maximum Gasteiger partial charge on any atom is -0.0326 e. The van der Waals surface area contributed by atoms with Crippen LogP contribution >= 0.6 is 7.92 Å². The van der Waals surface area contributed by atoms with E-state index in [0.29, 0.717) is 7.92 Å². The first-order valence-corrected chi connectivity index (χ1v) is 8.08. The molecule has 0 aliphatic heterocycles. The van der Waals surface area contributed by atoms with E-state index in [0.717, 1.165) is 0 Å². The minimum atomic E-state index is 0.402. The Kier molecular flexibility index (Phi) is 11.4. The van der Waals surface area contributed by atoms with Crippen LogP contribution in [0.25, 0.3) is 0 Å². The number of hydrogen-bond donors (Lipinski definition) is 0. The van der Waals surface area contributed by atoms with E-state index in [1.807, 2.05) is 0 Å². The van der Waals surface area contributed by atoms with Gasteiger partial charge in [0.25, 0.3) is 0 Å². The van der Waals surface area contributed by atoms with Gasteiger partial charge in [0, 0.05) is 0 Å². The van der Waals surface area contributed by atoms with Gasteiger partial charge in [-0.25, -0.2) is 0 Å². The van der Waals surface area contributed by atoms with Gasteiger partial charge >= 0.3 is 0 Å². The molecular weight excluding hydrogens is 187 g/mol. The van der Waals surface area contributed by atoms with Crippen LogP contribution < -0.4 is 0 Å². The summed E-state index contributed by atoms with van der Waals surface area (Å²) in [6.07, 6.45) is 15.9. The van der Waals surface area contributed by atoms with Gasteiger partial charge in [-0.3, -0.25) is 0 Å². The van der Waals surface area contributed by atoms with E-state index in [-0.39, 0.29) is 0 Å². The highest BCUT2D eigenvalue weighted by molar-refractivity contribution is 7.57. The number of hydrogen-bond acceptors (Lipinski definition) is 0. The fourth-order valence-corrected chi connectivity index (χ4v) is 3.41. The van der Waals surface area contributed by atoms with Crippen molar-refractivity contribution >= 4 is 7.92 Å². The summed E-state index contributed by atoms with van der Waals surface area (Å²) < 4.78 is 0. The summed E-state index contributed by atoms with van der Waals surface area (Å²) in [6, 6.07) is 0. The molecule has 0 rings (SSSR count). The highest BCUT2D eigenvalue weighted by atomic mass is 31.1. The highest BCUT2D eigenvalue weighted by Gasteiger charge is 2.00. The molecule has 0 aromatic heterocycles. The van der Waals surface area contributed by atoms with Crippen molar-refractivity contribution in [1.82, 2.24) is 0 Å². The van der Waals surface area contributed by atoms with Crippen molar-refractivity contribution in [3.05, 3.63) is 12.2 Å². The van der Waals surface area contributed by atoms with Gasteiger partial charge in [0.1, 0.15) is 0 Å². The standard InChI is InChI=1S/C13H27P/c1-4-7-8-9-10-11-12-13-14(5-2)6-3/h4,7H,5-6,8-13H2,1-3H3/b7-4+. The minimum Gasteiger partial charge on any atom is -0.107 e. The lowest BCUT2D eigenvalue weighted by Crippen LogP contribution is -1.90. The maximum atomic E-state index is 2.35. The van der Waals surface area contributed by atoms with Crippen LogP contribution in [0.5, 0.6) is 0 Å². The first-order valence-electron chi connectivity index (χ1n) is 6.18. The largest absolute Gasteiger partial charge is 0.107 e. The van der Waals surface area contributed by atoms with Crippen molar-refractivity contribution in [3.8, 4) is 0 Å². The molecule has 0 fully saturated rings. The molecule has 0 unspecified atom stereocenters. The molecule has 0 radical (unpaired) electrons. The summed E-state index contributed by atoms with van der Waals surface area (Å²) in [7, 11) is 0.402. The second kappa shape index (κ2) is 11.2. The monoisotopic (exact) mass is 214 g/mol. The second-order valence-electron chi connectivity index (χ2n) is 3.80. The van der Waals surface area contributed by atoms with Crippen molar-refractivity contribution in [2.24, 2.45) is 0 Å². The fraction of sp³-hybridized carbons (Fsp3) is 0.846. The lowest BCUT2D eigenvalue weighted by molar-refractivity contribution is 0.676. The predicted octanol–water partition coefficient (Wildman–Crippen LogP) is 5.03. The zero-order valence-electron chi connectivity index (χ0n) is 10.3. The molecule has 0 bridgehead atoms. The van der Waals surface area contributed by atoms with Crippen molar-refractivity contribution in [2.45, 2.75) is 52.9 Å². The third-order valence-corrected chi connectivity index (χ3v) is 5.46. The van der Waals surface area contributed by atoms with Crippen molar-refractivity contribution in [3.63, 3.8) is 0 Å². The third-order valence-electron chi connectivity index (χ3n) is 2.73. The first-order chi connectivity index (χ1) is 6.85. The van der Waals surface area contributed by atoms with Gasteiger partial charge in [0.2, 0.25) is 0 Å². The van der Waals surface area contributed by atoms with E-state index >= 15 is 0 Å². The number of unbranched alkanes of at least 4 members (excludes halogenated alkanes) is 4. The average Bonchev–Trinajstić information content (AvgIpc) is 2.22. The molecule has 0 heterocycles. The Bertz CT molecular complexity index is 125. The summed E-state index contributed by atoms with van der Waals surface area (Å²) in [5.74, 6) is 0. The summed E-state index contributed by atoms with van der Waals surface area (Å²) >= 11 is 0. The summed E-state index contributed by atoms with van der Waals surface area (Å²) in [5.41, 5.74) is 0. The van der Waals surface area contributed by atoms with E-state index < -0.39 is 0 Å². The molecule has 14 heavy (non-hydrogen) atoms. The van der Waals surface area contributed by atoms with Crippen LogP contribution in [-0.2, 0) is 0 Å². The van der Waals surface area contributed by atoms with Gasteiger partial charge in [0.15, 0.2) is 0 Å². The summed E-state index contributed by atoms with van der Waals surface area (Å²) in [5, 5.41) is 0. The SMILES string of the molecule is C/C=C/CCCCCCP(CC)CC. The van der Waals surface area contributed by atoms with Crippen LogP contribution in [0.2, 0.25) is 0 Å².